The molecule has 14 nitrogen and oxygen atoms in total. The van der Waals surface area contributed by atoms with Gasteiger partial charge in [-0.15, -0.1) is 0 Å². The molecule has 2 saturated heterocycles. The lowest BCUT2D eigenvalue weighted by Gasteiger charge is -2.34. The van der Waals surface area contributed by atoms with Crippen molar-refractivity contribution in [2.24, 2.45) is 0 Å². The number of hydrogen-bond acceptors (Lipinski definition) is 13. The maximum atomic E-state index is 12.3. The molecule has 6 N–H and O–H groups in total. The van der Waals surface area contributed by atoms with Gasteiger partial charge in [-0.1, -0.05) is 18.2 Å². The molecule has 0 aromatic carbocycles. The van der Waals surface area contributed by atoms with Gasteiger partial charge in [0.05, 0.1) is 6.61 Å². The molecule has 4 rings (SSSR count). The second kappa shape index (κ2) is 8.81. The summed E-state index contributed by atoms with van der Waals surface area (Å²) in [7, 11) is -5.94. The topological polar surface area (TPSA) is 218 Å². The molecule has 0 saturated carbocycles. The fourth-order valence-corrected chi connectivity index (χ4v) is 5.41. The summed E-state index contributed by atoms with van der Waals surface area (Å²) in [6, 6.07) is 0. The van der Waals surface area contributed by atoms with Gasteiger partial charge >= 0.3 is 8.55 Å². The van der Waals surface area contributed by atoms with Crippen LogP contribution in [-0.2, 0) is 18.3 Å². The third-order valence-corrected chi connectivity index (χ3v) is 6.84. The first-order valence-corrected chi connectivity index (χ1v) is 11.8. The summed E-state index contributed by atoms with van der Waals surface area (Å²) >= 11 is 1.24. The molecule has 4 heterocycles. The average molecular weight is 477 g/mol. The molecule has 3 unspecified atom stereocenters. The molecule has 0 bridgehead atoms. The van der Waals surface area contributed by atoms with Crippen molar-refractivity contribution in [3.05, 3.63) is 10.4 Å². The molecule has 0 spiro atoms. The highest BCUT2D eigenvalue weighted by Gasteiger charge is 2.51. The van der Waals surface area contributed by atoms with Crippen molar-refractivity contribution in [1.29, 1.82) is 0 Å². The highest BCUT2D eigenvalue weighted by Crippen LogP contribution is 2.50. The summed E-state index contributed by atoms with van der Waals surface area (Å²) in [5, 5.41) is 28.9. The maximum Gasteiger partial charge on any atom is 1.00 e. The van der Waals surface area contributed by atoms with Crippen LogP contribution in [-0.4, -0.2) is 72.5 Å². The number of imidazole rings is 1. The monoisotopic (exact) mass is 477 g/mol. The molecule has 170 valence electrons. The van der Waals surface area contributed by atoms with Gasteiger partial charge in [0.15, 0.2) is 22.5 Å². The van der Waals surface area contributed by atoms with Gasteiger partial charge in [0.1, 0.15) is 18.3 Å². The number of unbranched alkanes of at least 4 members (excludes halogenated alkanes) is 1. The number of aliphatic hydroxyl groups excluding tert-OH is 1. The largest absolute Gasteiger partial charge is 1.00 e. The van der Waals surface area contributed by atoms with E-state index in [0.29, 0.717) is 18.6 Å². The molecule has 31 heavy (non-hydrogen) atoms. The zero-order valence-corrected chi connectivity index (χ0v) is 17.7. The van der Waals surface area contributed by atoms with Crippen LogP contribution in [0.4, 0.5) is 5.95 Å². The molecule has 17 heteroatoms. The Hall–Kier alpha value is -1.49. The number of phosphoric acid groups is 1. The molecule has 2 aliphatic rings. The number of nitrogens with one attached hydrogen (secondary N) is 1. The Morgan fingerprint density at radius 3 is 2.94 bits per heavy atom. The highest BCUT2D eigenvalue weighted by molar-refractivity contribution is 7.99. The Morgan fingerprint density at radius 2 is 2.19 bits per heavy atom. The van der Waals surface area contributed by atoms with Crippen LogP contribution >= 0.6 is 19.6 Å². The van der Waals surface area contributed by atoms with Crippen molar-refractivity contribution < 1.29 is 39.8 Å². The minimum absolute atomic E-state index is 0. The lowest BCUT2D eigenvalue weighted by atomic mass is 9.84. The third kappa shape index (κ3) is 4.67. The van der Waals surface area contributed by atoms with E-state index in [2.05, 4.69) is 19.5 Å². The van der Waals surface area contributed by atoms with E-state index in [1.807, 2.05) is 0 Å². The first-order valence-electron chi connectivity index (χ1n) is 9.40. The number of nitrogen functional groups attached to an aromatic ring is 1. The fraction of sp³-hybridized carbons (Fsp3) is 0.643. The summed E-state index contributed by atoms with van der Waals surface area (Å²) in [4.78, 5) is 34.7. The molecule has 0 radical (unpaired) electrons. The number of ether oxygens (including phenoxy) is 1. The van der Waals surface area contributed by atoms with E-state index in [9.17, 15) is 19.4 Å². The number of phosphoric ester groups is 1. The van der Waals surface area contributed by atoms with Crippen molar-refractivity contribution in [3.63, 3.8) is 0 Å². The minimum atomic E-state index is -4.56. The molecule has 5 atom stereocenters. The predicted molar refractivity (Wildman–Crippen MR) is 107 cm³/mol. The number of H-pyrrole nitrogens is 1. The Bertz CT molecular complexity index is 1070. The molecule has 2 fully saturated rings. The summed E-state index contributed by atoms with van der Waals surface area (Å²) in [6.45, 7) is -0.326. The zero-order chi connectivity index (χ0) is 22.3. The minimum Gasteiger partial charge on any atom is -0.756 e. The molecule has 0 amide bonds. The second-order valence-electron chi connectivity index (χ2n) is 7.08. The Morgan fingerprint density at radius 1 is 1.42 bits per heavy atom. The van der Waals surface area contributed by atoms with Crippen molar-refractivity contribution in [2.75, 3.05) is 18.1 Å². The van der Waals surface area contributed by atoms with Gasteiger partial charge in [-0.05, 0) is 12.7 Å². The van der Waals surface area contributed by atoms with Gasteiger partial charge in [-0.2, -0.15) is 4.98 Å². The highest BCUT2D eigenvalue weighted by atomic mass is 32.2. The smallest absolute Gasteiger partial charge is 0.756 e. The number of fused-ring (bicyclic) bond motifs is 2. The summed E-state index contributed by atoms with van der Waals surface area (Å²) in [5.74, 6) is 0.342. The molecule has 2 aromatic rings. The third-order valence-electron chi connectivity index (χ3n) is 4.84. The SMILES string of the molecule is Nc1nc2c(nc(SCCCCB(O)O)n2[C@@H]2OC3COP(=O)([O-])O[C@H]3C2O)c(=O)[nH]1.[H+]. The van der Waals surface area contributed by atoms with Crippen molar-refractivity contribution in [2.45, 2.75) is 48.9 Å². The van der Waals surface area contributed by atoms with Crippen LogP contribution in [0.2, 0.25) is 6.32 Å². The Kier molecular flexibility index (Phi) is 6.45. The molecular weight excluding hydrogens is 456 g/mol. The van der Waals surface area contributed by atoms with Crippen LogP contribution in [0, 0.1) is 0 Å². The van der Waals surface area contributed by atoms with Crippen LogP contribution in [0.3, 0.4) is 0 Å². The first kappa shape index (κ1) is 22.7. The fourth-order valence-electron chi connectivity index (χ4n) is 3.45. The zero-order valence-electron chi connectivity index (χ0n) is 17.0. The lowest BCUT2D eigenvalue weighted by Crippen LogP contribution is -2.41. The van der Waals surface area contributed by atoms with E-state index in [0.717, 1.165) is 0 Å². The Balaban J connectivity index is 0.00000289. The predicted octanol–water partition coefficient (Wildman–Crippen LogP) is -1.70. The number of anilines is 1. The van der Waals surface area contributed by atoms with Crippen LogP contribution in [0.1, 0.15) is 20.5 Å². The number of thioether (sulfide) groups is 1. The van der Waals surface area contributed by atoms with Crippen molar-refractivity contribution in [1.82, 2.24) is 19.5 Å². The molecule has 2 aliphatic heterocycles. The standard InChI is InChI=1S/C14H21BN5O9PS/c16-13-18-10-7(11(22)19-13)17-14(31-4-2-1-3-15(23)24)20(10)12-8(21)9-6(28-12)5-27-30(25,26)29-9/h6,8-9,12,21,23-24H,1-5H2,(H,25,26)(H3,16,18,19,22)/t6?,8?,9-,12-/m1/s1. The number of rotatable bonds is 7. The lowest BCUT2D eigenvalue weighted by molar-refractivity contribution is -0.245. The average Bonchev–Trinajstić information content (AvgIpc) is 3.18. The van der Waals surface area contributed by atoms with E-state index in [1.165, 1.54) is 16.3 Å². The normalized spacial score (nSPS) is 30.6. The molecule has 2 aromatic heterocycles. The summed E-state index contributed by atoms with van der Waals surface area (Å²) in [6.07, 6.45) is -3.24. The second-order valence-corrected chi connectivity index (χ2v) is 9.51. The van der Waals surface area contributed by atoms with Gasteiger partial charge in [0.2, 0.25) is 5.95 Å². The van der Waals surface area contributed by atoms with E-state index >= 15 is 0 Å². The van der Waals surface area contributed by atoms with Crippen LogP contribution in [0.25, 0.3) is 11.2 Å². The number of aliphatic hydroxyl groups is 1. The van der Waals surface area contributed by atoms with Crippen LogP contribution in [0.15, 0.2) is 9.95 Å². The van der Waals surface area contributed by atoms with Gasteiger partial charge in [0, 0.05) is 5.75 Å². The van der Waals surface area contributed by atoms with Crippen molar-refractivity contribution in [3.8, 4) is 0 Å². The Labute approximate surface area is 181 Å². The molecular formula is C14H21BN5O9PS. The van der Waals surface area contributed by atoms with E-state index in [-0.39, 0.29) is 36.6 Å². The number of aromatic amines is 1. The summed E-state index contributed by atoms with van der Waals surface area (Å²) < 4.78 is 28.3. The van der Waals surface area contributed by atoms with E-state index in [4.69, 9.17) is 25.0 Å². The van der Waals surface area contributed by atoms with Gasteiger partial charge < -0.3 is 39.6 Å². The quantitative estimate of drug-likeness (QED) is 0.130. The van der Waals surface area contributed by atoms with Crippen LogP contribution < -0.4 is 16.2 Å². The van der Waals surface area contributed by atoms with E-state index in [1.54, 1.807) is 0 Å². The number of hydrogen-bond donors (Lipinski definition) is 5. The van der Waals surface area contributed by atoms with Crippen molar-refractivity contribution >= 4 is 43.8 Å². The molecule has 0 aliphatic carbocycles. The summed E-state index contributed by atoms with van der Waals surface area (Å²) in [5.41, 5.74) is 5.12. The van der Waals surface area contributed by atoms with Gasteiger partial charge in [-0.25, -0.2) is 4.98 Å². The maximum absolute atomic E-state index is 12.3. The number of nitrogens with two attached hydrogens (primary N) is 1. The van der Waals surface area contributed by atoms with Gasteiger partial charge in [-0.3, -0.25) is 18.9 Å². The first-order chi connectivity index (χ1) is 14.7. The number of nitrogens with zero attached hydrogens (tertiary/aromatic N) is 3. The van der Waals surface area contributed by atoms with Gasteiger partial charge in [0.25, 0.3) is 13.4 Å². The van der Waals surface area contributed by atoms with E-state index < -0.39 is 45.0 Å². The van der Waals surface area contributed by atoms with Crippen LogP contribution in [0.5, 0.6) is 0 Å². The number of aromatic nitrogens is 4.